The lowest BCUT2D eigenvalue weighted by molar-refractivity contribution is 1.10. The highest BCUT2D eigenvalue weighted by atomic mass is 15.1. The molecule has 0 amide bonds. The molecule has 0 bridgehead atoms. The van der Waals surface area contributed by atoms with Gasteiger partial charge in [0.05, 0.1) is 17.6 Å². The third-order valence-electron chi connectivity index (χ3n) is 2.60. The Morgan fingerprint density at radius 3 is 2.94 bits per heavy atom. The summed E-state index contributed by atoms with van der Waals surface area (Å²) in [6.45, 7) is 0. The number of fused-ring (bicyclic) bond motifs is 1. The summed E-state index contributed by atoms with van der Waals surface area (Å²) in [7, 11) is 1.77. The van der Waals surface area contributed by atoms with Gasteiger partial charge in [-0.05, 0) is 6.07 Å². The zero-order chi connectivity index (χ0) is 12.5. The lowest BCUT2D eigenvalue weighted by Gasteiger charge is -2.03. The second-order valence-electron chi connectivity index (χ2n) is 3.67. The van der Waals surface area contributed by atoms with Gasteiger partial charge in [0.2, 0.25) is 5.95 Å². The molecule has 3 aromatic rings. The molecule has 0 atom stereocenters. The number of nitrogen functional groups attached to an aromatic ring is 1. The van der Waals surface area contributed by atoms with E-state index in [0.717, 1.165) is 11.4 Å². The fourth-order valence-corrected chi connectivity index (χ4v) is 1.75. The Labute approximate surface area is 103 Å². The Morgan fingerprint density at radius 1 is 1.22 bits per heavy atom. The Morgan fingerprint density at radius 2 is 2.11 bits per heavy atom. The molecule has 3 aromatic heterocycles. The Balaban J connectivity index is 2.22. The van der Waals surface area contributed by atoms with Crippen molar-refractivity contribution < 1.29 is 0 Å². The molecule has 18 heavy (non-hydrogen) atoms. The predicted molar refractivity (Wildman–Crippen MR) is 68.0 cm³/mol. The molecule has 0 aliphatic rings. The van der Waals surface area contributed by atoms with Crippen LogP contribution < -0.4 is 11.1 Å². The van der Waals surface area contributed by atoms with Crippen molar-refractivity contribution in [3.8, 4) is 11.4 Å². The van der Waals surface area contributed by atoms with Gasteiger partial charge in [-0.3, -0.25) is 4.40 Å². The van der Waals surface area contributed by atoms with Gasteiger partial charge < -0.3 is 11.1 Å². The molecule has 0 aliphatic carbocycles. The molecule has 0 aromatic carbocycles. The molecule has 0 spiro atoms. The van der Waals surface area contributed by atoms with Crippen molar-refractivity contribution in [1.29, 1.82) is 0 Å². The van der Waals surface area contributed by atoms with E-state index in [1.807, 2.05) is 10.5 Å². The van der Waals surface area contributed by atoms with Gasteiger partial charge in [0.15, 0.2) is 11.5 Å². The van der Waals surface area contributed by atoms with Gasteiger partial charge in [0.25, 0.3) is 0 Å². The molecule has 7 nitrogen and oxygen atoms in total. The van der Waals surface area contributed by atoms with E-state index in [1.165, 1.54) is 0 Å². The summed E-state index contributed by atoms with van der Waals surface area (Å²) < 4.78 is 1.85. The van der Waals surface area contributed by atoms with Crippen molar-refractivity contribution in [1.82, 2.24) is 24.3 Å². The summed E-state index contributed by atoms with van der Waals surface area (Å²) >= 11 is 0. The molecule has 3 rings (SSSR count). The van der Waals surface area contributed by atoms with Crippen LogP contribution in [0.15, 0.2) is 30.9 Å². The molecule has 0 aliphatic heterocycles. The number of rotatable bonds is 2. The number of nitrogens with two attached hydrogens (primary N) is 1. The van der Waals surface area contributed by atoms with Crippen LogP contribution in [0.5, 0.6) is 0 Å². The Kier molecular flexibility index (Phi) is 2.30. The maximum absolute atomic E-state index is 5.76. The van der Waals surface area contributed by atoms with Gasteiger partial charge in [0, 0.05) is 25.6 Å². The predicted octanol–water partition coefficient (Wildman–Crippen LogP) is 0.810. The number of aromatic nitrogens is 5. The minimum Gasteiger partial charge on any atom is -0.381 e. The normalized spacial score (nSPS) is 10.7. The molecule has 3 heterocycles. The summed E-state index contributed by atoms with van der Waals surface area (Å²) in [5.41, 5.74) is 8.00. The third kappa shape index (κ3) is 1.53. The van der Waals surface area contributed by atoms with E-state index >= 15 is 0 Å². The van der Waals surface area contributed by atoms with Crippen LogP contribution in [0.3, 0.4) is 0 Å². The quantitative estimate of drug-likeness (QED) is 0.689. The maximum Gasteiger partial charge on any atom is 0.222 e. The number of nitrogens with zero attached hydrogens (tertiary/aromatic N) is 5. The fourth-order valence-electron chi connectivity index (χ4n) is 1.75. The van der Waals surface area contributed by atoms with E-state index in [0.29, 0.717) is 17.4 Å². The number of imidazole rings is 1. The molecule has 0 saturated carbocycles. The van der Waals surface area contributed by atoms with E-state index in [9.17, 15) is 0 Å². The van der Waals surface area contributed by atoms with E-state index in [-0.39, 0.29) is 0 Å². The van der Waals surface area contributed by atoms with E-state index in [1.54, 1.807) is 31.8 Å². The number of hydrogen-bond donors (Lipinski definition) is 2. The highest BCUT2D eigenvalue weighted by Crippen LogP contribution is 2.20. The van der Waals surface area contributed by atoms with Crippen LogP contribution in [0.1, 0.15) is 0 Å². The summed E-state index contributed by atoms with van der Waals surface area (Å²) in [6, 6.07) is 1.82. The van der Waals surface area contributed by atoms with Crippen LogP contribution in [-0.4, -0.2) is 31.4 Å². The standard InChI is InChI=1S/C11H11N7/c1-13-11-15-3-2-7(17-11)8-6-16-10-9(12)14-4-5-18(8)10/h2-6H,1H3,(H2,12,14)(H,13,15,17). The average molecular weight is 241 g/mol. The first-order valence-electron chi connectivity index (χ1n) is 5.38. The Hall–Kier alpha value is -2.70. The summed E-state index contributed by atoms with van der Waals surface area (Å²) in [5.74, 6) is 0.955. The van der Waals surface area contributed by atoms with E-state index in [2.05, 4.69) is 25.3 Å². The largest absolute Gasteiger partial charge is 0.381 e. The highest BCUT2D eigenvalue weighted by molar-refractivity contribution is 5.67. The van der Waals surface area contributed by atoms with Crippen LogP contribution in [0, 0.1) is 0 Å². The molecule has 0 fully saturated rings. The van der Waals surface area contributed by atoms with Gasteiger partial charge >= 0.3 is 0 Å². The van der Waals surface area contributed by atoms with Crippen LogP contribution in [0.25, 0.3) is 17.0 Å². The van der Waals surface area contributed by atoms with Gasteiger partial charge in [0.1, 0.15) is 0 Å². The average Bonchev–Trinajstić information content (AvgIpc) is 2.84. The third-order valence-corrected chi connectivity index (χ3v) is 2.60. The zero-order valence-electron chi connectivity index (χ0n) is 9.70. The molecular formula is C11H11N7. The zero-order valence-corrected chi connectivity index (χ0v) is 9.70. The molecule has 3 N–H and O–H groups in total. The molecular weight excluding hydrogens is 230 g/mol. The van der Waals surface area contributed by atoms with Gasteiger partial charge in [-0.15, -0.1) is 0 Å². The highest BCUT2D eigenvalue weighted by Gasteiger charge is 2.09. The van der Waals surface area contributed by atoms with Crippen LogP contribution in [0.2, 0.25) is 0 Å². The van der Waals surface area contributed by atoms with Crippen molar-refractivity contribution in [3.05, 3.63) is 30.9 Å². The Bertz CT molecular complexity index is 703. The first-order chi connectivity index (χ1) is 8.79. The van der Waals surface area contributed by atoms with Gasteiger partial charge in [-0.25, -0.2) is 19.9 Å². The molecule has 0 unspecified atom stereocenters. The summed E-state index contributed by atoms with van der Waals surface area (Å²) in [5, 5.41) is 2.90. The van der Waals surface area contributed by atoms with Crippen molar-refractivity contribution in [3.63, 3.8) is 0 Å². The van der Waals surface area contributed by atoms with Crippen molar-refractivity contribution in [2.24, 2.45) is 0 Å². The fraction of sp³-hybridized carbons (Fsp3) is 0.0909. The van der Waals surface area contributed by atoms with Crippen molar-refractivity contribution in [2.75, 3.05) is 18.1 Å². The lowest BCUT2D eigenvalue weighted by atomic mass is 10.3. The lowest BCUT2D eigenvalue weighted by Crippen LogP contribution is -1.99. The van der Waals surface area contributed by atoms with Gasteiger partial charge in [-0.2, -0.15) is 0 Å². The summed E-state index contributed by atoms with van der Waals surface area (Å²) in [4.78, 5) is 16.7. The monoisotopic (exact) mass is 241 g/mol. The van der Waals surface area contributed by atoms with Crippen molar-refractivity contribution >= 4 is 17.4 Å². The van der Waals surface area contributed by atoms with Crippen LogP contribution >= 0.6 is 0 Å². The van der Waals surface area contributed by atoms with E-state index < -0.39 is 0 Å². The SMILES string of the molecule is CNc1nccc(-c2cnc3c(N)nccn23)n1. The number of hydrogen-bond acceptors (Lipinski definition) is 6. The molecule has 7 heteroatoms. The second kappa shape index (κ2) is 3.95. The molecule has 90 valence electrons. The topological polar surface area (TPSA) is 94.0 Å². The minimum atomic E-state index is 0.395. The minimum absolute atomic E-state index is 0.395. The van der Waals surface area contributed by atoms with Crippen LogP contribution in [0.4, 0.5) is 11.8 Å². The number of anilines is 2. The molecule has 0 saturated heterocycles. The first kappa shape index (κ1) is 10.5. The summed E-state index contributed by atoms with van der Waals surface area (Å²) in [6.07, 6.45) is 6.84. The first-order valence-corrected chi connectivity index (χ1v) is 5.38. The number of nitrogens with one attached hydrogen (secondary N) is 1. The van der Waals surface area contributed by atoms with Gasteiger partial charge in [-0.1, -0.05) is 0 Å². The van der Waals surface area contributed by atoms with E-state index in [4.69, 9.17) is 5.73 Å². The maximum atomic E-state index is 5.76. The van der Waals surface area contributed by atoms with Crippen molar-refractivity contribution in [2.45, 2.75) is 0 Å². The van der Waals surface area contributed by atoms with Crippen LogP contribution in [-0.2, 0) is 0 Å². The second-order valence-corrected chi connectivity index (χ2v) is 3.67. The smallest absolute Gasteiger partial charge is 0.222 e. The molecule has 0 radical (unpaired) electrons.